The highest BCUT2D eigenvalue weighted by molar-refractivity contribution is 6.26. The summed E-state index contributed by atoms with van der Waals surface area (Å²) in [5, 5.41) is 1.22. The predicted octanol–water partition coefficient (Wildman–Crippen LogP) is 8.58. The summed E-state index contributed by atoms with van der Waals surface area (Å²) in [6.07, 6.45) is 6.97. The molecule has 6 aliphatic rings. The zero-order chi connectivity index (χ0) is 36.9. The van der Waals surface area contributed by atoms with Gasteiger partial charge in [-0.15, -0.1) is 9.15 Å². The number of para-hydroxylation sites is 2. The fourth-order valence-corrected chi connectivity index (χ4v) is 9.62. The molecule has 0 saturated heterocycles. The first kappa shape index (κ1) is 31.2. The molecule has 7 nitrogen and oxygen atoms in total. The van der Waals surface area contributed by atoms with Crippen LogP contribution in [0.2, 0.25) is 0 Å². The molecular weight excluding hydrogens is 663 g/mol. The molecule has 0 aliphatic carbocycles. The number of allylic oxidation sites excluding steroid dienone is 4. The van der Waals surface area contributed by atoms with Gasteiger partial charge in [-0.2, -0.15) is 0 Å². The average Bonchev–Trinajstić information content (AvgIpc) is 3.80. The maximum atomic E-state index is 5.52. The highest BCUT2D eigenvalue weighted by Gasteiger charge is 2.70. The van der Waals surface area contributed by atoms with Gasteiger partial charge >= 0.3 is 17.6 Å². The molecule has 11 rings (SSSR count). The molecular formula is C47H41N7+2. The van der Waals surface area contributed by atoms with Gasteiger partial charge in [0.2, 0.25) is 0 Å². The molecule has 2 aromatic heterocycles. The van der Waals surface area contributed by atoms with Crippen LogP contribution in [0.5, 0.6) is 0 Å². The maximum absolute atomic E-state index is 5.52. The number of benzene rings is 3. The molecule has 3 aromatic carbocycles. The van der Waals surface area contributed by atoms with Crippen molar-refractivity contribution in [1.82, 2.24) is 9.13 Å². The van der Waals surface area contributed by atoms with E-state index >= 15 is 0 Å². The third-order valence-corrected chi connectivity index (χ3v) is 12.9. The minimum absolute atomic E-state index is 0.768. The van der Waals surface area contributed by atoms with Gasteiger partial charge in [-0.05, 0) is 125 Å². The molecule has 1 atom stereocenters. The summed E-state index contributed by atoms with van der Waals surface area (Å²) in [4.78, 5) is 13.3. The quantitative estimate of drug-likeness (QED) is 0.169. The third-order valence-electron chi connectivity index (χ3n) is 12.9. The highest BCUT2D eigenvalue weighted by Crippen LogP contribution is 2.53. The number of aromatic nitrogens is 2. The molecule has 7 heteroatoms. The number of anilines is 3. The Labute approximate surface area is 314 Å². The Balaban J connectivity index is 1.14. The minimum atomic E-state index is -0.768. The second kappa shape index (κ2) is 10.4. The fraction of sp³-hybridized carbons (Fsp3) is 0.191. The summed E-state index contributed by atoms with van der Waals surface area (Å²) in [6, 6.07) is 30.0. The predicted molar refractivity (Wildman–Crippen MR) is 218 cm³/mol. The van der Waals surface area contributed by atoms with Gasteiger partial charge < -0.3 is 4.90 Å². The third kappa shape index (κ3) is 3.53. The van der Waals surface area contributed by atoms with Crippen LogP contribution in [0, 0.1) is 27.7 Å². The molecule has 0 fully saturated rings. The van der Waals surface area contributed by atoms with Crippen LogP contribution in [0.15, 0.2) is 129 Å². The molecule has 0 N–H and O–H groups in total. The first-order chi connectivity index (χ1) is 26.1. The zero-order valence-electron chi connectivity index (χ0n) is 31.9. The number of hydrogen-bond donors (Lipinski definition) is 0. The molecule has 0 saturated carbocycles. The van der Waals surface area contributed by atoms with E-state index in [-0.39, 0.29) is 0 Å². The molecule has 5 aromatic rings. The van der Waals surface area contributed by atoms with Crippen molar-refractivity contribution in [3.05, 3.63) is 163 Å². The second-order valence-electron chi connectivity index (χ2n) is 15.4. The Hall–Kier alpha value is -6.34. The molecule has 6 aliphatic heterocycles. The lowest BCUT2D eigenvalue weighted by molar-refractivity contribution is -0.814. The van der Waals surface area contributed by atoms with E-state index in [0.29, 0.717) is 0 Å². The highest BCUT2D eigenvalue weighted by atomic mass is 15.7. The summed E-state index contributed by atoms with van der Waals surface area (Å²) in [5.41, 5.74) is 20.3. The van der Waals surface area contributed by atoms with E-state index in [0.717, 1.165) is 45.6 Å². The number of nitrogens with zero attached hydrogens (tertiary/aromatic N) is 7. The number of hydrogen-bond acceptors (Lipinski definition) is 3. The topological polar surface area (TPSA) is 43.8 Å². The number of aliphatic imine (C=N–C) groups is 1. The molecule has 8 heterocycles. The monoisotopic (exact) mass is 703 g/mol. The first-order valence-corrected chi connectivity index (χ1v) is 18.9. The lowest BCUT2D eigenvalue weighted by atomic mass is 9.97. The van der Waals surface area contributed by atoms with Gasteiger partial charge in [-0.25, -0.2) is 9.13 Å². The first-order valence-electron chi connectivity index (χ1n) is 18.9. The van der Waals surface area contributed by atoms with Crippen molar-refractivity contribution < 1.29 is 9.15 Å². The maximum Gasteiger partial charge on any atom is 0.441 e. The van der Waals surface area contributed by atoms with Gasteiger partial charge in [0.1, 0.15) is 11.4 Å². The fourth-order valence-electron chi connectivity index (χ4n) is 9.62. The van der Waals surface area contributed by atoms with Gasteiger partial charge in [-0.3, -0.25) is 0 Å². The molecule has 1 spiro atoms. The lowest BCUT2D eigenvalue weighted by Crippen LogP contribution is -2.71. The van der Waals surface area contributed by atoms with Crippen molar-refractivity contribution in [2.75, 3.05) is 4.90 Å². The number of amidine groups is 2. The van der Waals surface area contributed by atoms with Crippen LogP contribution in [-0.2, 0) is 5.91 Å². The Morgan fingerprint density at radius 3 is 1.91 bits per heavy atom. The van der Waals surface area contributed by atoms with Gasteiger partial charge in [0, 0.05) is 51.0 Å². The van der Waals surface area contributed by atoms with Crippen LogP contribution in [0.25, 0.3) is 17.7 Å². The van der Waals surface area contributed by atoms with E-state index in [9.17, 15) is 0 Å². The SMILES string of the molecule is CC1=C(C)C2=[N+]3C1=Nc1c(C)c(C)c4n1[C@]31n3c(c(C)c(C)c3=NC3=[N+]1C(=C4/C=C/c1ccc(N(c4ccccc4)c4ccccc4)cc1)C(C)=C3C)=C2. The van der Waals surface area contributed by atoms with Gasteiger partial charge in [0.05, 0.1) is 22.2 Å². The lowest BCUT2D eigenvalue weighted by Gasteiger charge is -2.42. The van der Waals surface area contributed by atoms with Crippen LogP contribution < -0.4 is 15.7 Å². The van der Waals surface area contributed by atoms with Crippen LogP contribution in [0.4, 0.5) is 22.9 Å². The van der Waals surface area contributed by atoms with Gasteiger partial charge in [-0.1, -0.05) is 54.6 Å². The summed E-state index contributed by atoms with van der Waals surface area (Å²) < 4.78 is 10.1. The largest absolute Gasteiger partial charge is 0.441 e. The summed E-state index contributed by atoms with van der Waals surface area (Å²) in [5.74, 6) is 2.30. The number of rotatable bonds is 5. The second-order valence-corrected chi connectivity index (χ2v) is 15.4. The van der Waals surface area contributed by atoms with E-state index in [1.807, 2.05) is 0 Å². The van der Waals surface area contributed by atoms with Gasteiger partial charge in [0.15, 0.2) is 0 Å². The molecule has 262 valence electrons. The molecule has 54 heavy (non-hydrogen) atoms. The minimum Gasteiger partial charge on any atom is -0.311 e. The van der Waals surface area contributed by atoms with Crippen molar-refractivity contribution in [1.29, 1.82) is 0 Å². The van der Waals surface area contributed by atoms with Crippen molar-refractivity contribution in [3.63, 3.8) is 0 Å². The summed E-state index contributed by atoms with van der Waals surface area (Å²) in [7, 11) is 0. The van der Waals surface area contributed by atoms with E-state index in [2.05, 4.69) is 182 Å². The Morgan fingerprint density at radius 1 is 0.593 bits per heavy atom. The zero-order valence-corrected chi connectivity index (χ0v) is 31.9. The van der Waals surface area contributed by atoms with E-state index < -0.39 is 5.91 Å². The van der Waals surface area contributed by atoms with Crippen LogP contribution in [-0.4, -0.2) is 35.7 Å². The van der Waals surface area contributed by atoms with E-state index in [1.165, 1.54) is 72.6 Å². The summed E-state index contributed by atoms with van der Waals surface area (Å²) >= 11 is 0. The Morgan fingerprint density at radius 2 is 1.24 bits per heavy atom. The Kier molecular flexibility index (Phi) is 6.02. The van der Waals surface area contributed by atoms with Crippen molar-refractivity contribution in [2.45, 2.75) is 61.3 Å². The van der Waals surface area contributed by atoms with Gasteiger partial charge in [0.25, 0.3) is 11.3 Å². The van der Waals surface area contributed by atoms with Crippen LogP contribution in [0.3, 0.4) is 0 Å². The average molecular weight is 704 g/mol. The smallest absolute Gasteiger partial charge is 0.311 e. The molecule has 0 amide bonds. The molecule has 0 bridgehead atoms. The van der Waals surface area contributed by atoms with Crippen molar-refractivity contribution in [3.8, 4) is 0 Å². The molecule has 0 radical (unpaired) electrons. The van der Waals surface area contributed by atoms with Crippen LogP contribution >= 0.6 is 0 Å². The molecule has 0 unspecified atom stereocenters. The van der Waals surface area contributed by atoms with Crippen molar-refractivity contribution in [2.24, 2.45) is 9.98 Å². The Bertz CT molecular complexity index is 2930. The standard InChI is InChI=1S/C47H41N7/c1-26-30(5)43-48-45-32(7)28(3)41-38(24-21-34-19-22-37(23-20-34)50(35-15-11-9-12-16-35)36-17-13-10-14-18-36)42-29(4)33(8)46-49-44-31(6)27(2)40-25-39(26)51(43)47(52(40)44,53(41)45)54(42)46/h9-25H,1-8H3/q+2/t47-/m1/s1. The summed E-state index contributed by atoms with van der Waals surface area (Å²) in [6.45, 7) is 18.0. The van der Waals surface area contributed by atoms with Crippen LogP contribution in [0.1, 0.15) is 61.2 Å². The van der Waals surface area contributed by atoms with Crippen molar-refractivity contribution >= 4 is 58.0 Å². The van der Waals surface area contributed by atoms with E-state index in [1.54, 1.807) is 0 Å². The van der Waals surface area contributed by atoms with E-state index in [4.69, 9.17) is 9.98 Å². The normalized spacial score (nSPS) is 19.9.